The van der Waals surface area contributed by atoms with E-state index in [1.165, 1.54) is 16.2 Å². The Hall–Kier alpha value is -3.84. The molecule has 4 N–H and O–H groups in total. The number of aliphatic hydroxyl groups is 1. The zero-order valence-corrected chi connectivity index (χ0v) is 30.8. The second kappa shape index (κ2) is 16.0. The second-order valence-electron chi connectivity index (χ2n) is 14.1. The number of alkyl halides is 4. The third-order valence-electron chi connectivity index (χ3n) is 8.70. The molecule has 1 aromatic heterocycles. The molecule has 1 aromatic carbocycles. The molecule has 4 amide bonds. The molecule has 1 saturated carbocycles. The van der Waals surface area contributed by atoms with E-state index in [1.54, 1.807) is 38.4 Å². The monoisotopic (exact) mass is 777 g/mol. The number of hydrogen-bond acceptors (Lipinski definition) is 10. The molecule has 52 heavy (non-hydrogen) atoms. The number of ether oxygens (including phenoxy) is 1. The van der Waals surface area contributed by atoms with Crippen LogP contribution in [0.15, 0.2) is 23.7 Å². The number of β-amino-alcohol motifs (C(OH)–C–C–N with tert-alkyl or cyclic N) is 1. The Morgan fingerprint density at radius 1 is 1.13 bits per heavy atom. The average molecular weight is 778 g/mol. The van der Waals surface area contributed by atoms with Crippen LogP contribution in [0.1, 0.15) is 70.6 Å². The summed E-state index contributed by atoms with van der Waals surface area (Å²) in [7, 11) is -4.48. The number of sulfonamides is 1. The van der Waals surface area contributed by atoms with Crippen molar-refractivity contribution in [1.82, 2.24) is 25.2 Å². The van der Waals surface area contributed by atoms with Crippen molar-refractivity contribution < 1.29 is 55.0 Å². The summed E-state index contributed by atoms with van der Waals surface area (Å²) in [6, 6.07) is 3.07. The minimum absolute atomic E-state index is 0.0380. The molecule has 1 aliphatic carbocycles. The SMILES string of the molecule is Cc1ncsc1-c1ccc(CNC(=O)[C@@H]2C[C@@H](O)CN2C(=O)[C@@H](NC(=O)C2(F)CC2)C(C)(C)C)c(OCCCCCS(=O)(=O)NC(=O)C(F)(F)F)c1. The van der Waals surface area contributed by atoms with Crippen LogP contribution in [0.2, 0.25) is 0 Å². The van der Waals surface area contributed by atoms with Gasteiger partial charge in [-0.05, 0) is 56.1 Å². The normalized spacial score (nSPS) is 19.1. The van der Waals surface area contributed by atoms with Gasteiger partial charge in [0, 0.05) is 25.1 Å². The number of aryl methyl sites for hydroxylation is 1. The number of unbranched alkanes of at least 4 members (excludes halogenated alkanes) is 2. The maximum absolute atomic E-state index is 14.5. The van der Waals surface area contributed by atoms with Crippen LogP contribution in [0.4, 0.5) is 17.6 Å². The smallest absolute Gasteiger partial charge is 0.472 e. The lowest BCUT2D eigenvalue weighted by atomic mass is 9.85. The lowest BCUT2D eigenvalue weighted by molar-refractivity contribution is -0.171. The second-order valence-corrected chi connectivity index (χ2v) is 16.8. The fraction of sp³-hybridized carbons (Fsp3) is 0.606. The highest BCUT2D eigenvalue weighted by Crippen LogP contribution is 2.40. The van der Waals surface area contributed by atoms with Crippen molar-refractivity contribution >= 4 is 45.0 Å². The maximum atomic E-state index is 14.5. The highest BCUT2D eigenvalue weighted by atomic mass is 32.2. The molecular formula is C33H43F4N5O8S2. The predicted molar refractivity (Wildman–Crippen MR) is 182 cm³/mol. The van der Waals surface area contributed by atoms with Crippen LogP contribution < -0.4 is 20.1 Å². The third kappa shape index (κ3) is 10.6. The minimum atomic E-state index is -5.33. The van der Waals surface area contributed by atoms with Gasteiger partial charge in [0.25, 0.3) is 5.91 Å². The summed E-state index contributed by atoms with van der Waals surface area (Å²) in [5, 5.41) is 15.8. The number of aliphatic hydroxyl groups excluding tert-OH is 1. The van der Waals surface area contributed by atoms with E-state index in [9.17, 15) is 50.3 Å². The highest BCUT2D eigenvalue weighted by molar-refractivity contribution is 7.90. The van der Waals surface area contributed by atoms with Crippen LogP contribution in [0.3, 0.4) is 0 Å². The first-order valence-corrected chi connectivity index (χ1v) is 19.2. The number of carbonyl (C=O) groups excluding carboxylic acids is 4. The minimum Gasteiger partial charge on any atom is -0.493 e. The van der Waals surface area contributed by atoms with Crippen LogP contribution in [0, 0.1) is 12.3 Å². The summed E-state index contributed by atoms with van der Waals surface area (Å²) in [5.74, 6) is -4.94. The zero-order chi connectivity index (χ0) is 38.6. The lowest BCUT2D eigenvalue weighted by Crippen LogP contribution is -2.59. The van der Waals surface area contributed by atoms with Crippen LogP contribution in [0.5, 0.6) is 5.75 Å². The molecule has 13 nitrogen and oxygen atoms in total. The van der Waals surface area contributed by atoms with Crippen LogP contribution >= 0.6 is 11.3 Å². The zero-order valence-electron chi connectivity index (χ0n) is 29.1. The van der Waals surface area contributed by atoms with Crippen LogP contribution in [0.25, 0.3) is 10.4 Å². The van der Waals surface area contributed by atoms with Gasteiger partial charge in [-0.2, -0.15) is 13.2 Å². The number of hydrogen-bond donors (Lipinski definition) is 4. The Bertz CT molecular complexity index is 1760. The number of halogens is 4. The van der Waals surface area contributed by atoms with Crippen molar-refractivity contribution in [2.45, 2.75) is 103 Å². The molecule has 0 radical (unpaired) electrons. The quantitative estimate of drug-likeness (QED) is 0.156. The molecule has 4 rings (SSSR count). The van der Waals surface area contributed by atoms with E-state index in [2.05, 4.69) is 15.6 Å². The summed E-state index contributed by atoms with van der Waals surface area (Å²) in [6.07, 6.45) is -5.75. The molecule has 1 saturated heterocycles. The number of likely N-dealkylation sites (tertiary alicyclic amines) is 1. The summed E-state index contributed by atoms with van der Waals surface area (Å²) in [4.78, 5) is 57.2. The van der Waals surface area contributed by atoms with E-state index in [1.807, 2.05) is 13.0 Å². The van der Waals surface area contributed by atoms with Crippen molar-refractivity contribution in [3.8, 4) is 16.2 Å². The molecule has 2 aliphatic rings. The Kier molecular flexibility index (Phi) is 12.6. The van der Waals surface area contributed by atoms with Crippen molar-refractivity contribution in [3.63, 3.8) is 0 Å². The molecule has 19 heteroatoms. The van der Waals surface area contributed by atoms with Crippen molar-refractivity contribution in [2.24, 2.45) is 5.41 Å². The first-order chi connectivity index (χ1) is 24.1. The molecule has 2 fully saturated rings. The number of aromatic nitrogens is 1. The molecular weight excluding hydrogens is 735 g/mol. The molecule has 2 aromatic rings. The van der Waals surface area contributed by atoms with Gasteiger partial charge in [-0.25, -0.2) is 22.5 Å². The van der Waals surface area contributed by atoms with Gasteiger partial charge < -0.3 is 25.4 Å². The third-order valence-corrected chi connectivity index (χ3v) is 11.0. The predicted octanol–water partition coefficient (Wildman–Crippen LogP) is 3.29. The van der Waals surface area contributed by atoms with E-state index in [-0.39, 0.29) is 51.8 Å². The average Bonchev–Trinajstić information content (AvgIpc) is 3.45. The molecule has 0 unspecified atom stereocenters. The lowest BCUT2D eigenvalue weighted by Gasteiger charge is -2.35. The topological polar surface area (TPSA) is 184 Å². The Labute approximate surface area is 302 Å². The molecule has 1 aliphatic heterocycles. The number of thiazole rings is 1. The Balaban J connectivity index is 1.41. The summed E-state index contributed by atoms with van der Waals surface area (Å²) in [5.41, 5.74) is 0.941. The first kappa shape index (κ1) is 40.9. The number of benzene rings is 1. The van der Waals surface area contributed by atoms with E-state index < -0.39 is 74.9 Å². The molecule has 0 spiro atoms. The number of nitrogens with one attached hydrogen (secondary N) is 3. The van der Waals surface area contributed by atoms with Gasteiger partial charge in [-0.3, -0.25) is 19.2 Å². The van der Waals surface area contributed by atoms with Gasteiger partial charge in [0.1, 0.15) is 17.8 Å². The van der Waals surface area contributed by atoms with Gasteiger partial charge in [-0.1, -0.05) is 32.9 Å². The van der Waals surface area contributed by atoms with Crippen molar-refractivity contribution in [2.75, 3.05) is 18.9 Å². The number of rotatable bonds is 15. The molecule has 2 heterocycles. The van der Waals surface area contributed by atoms with E-state index >= 15 is 0 Å². The fourth-order valence-corrected chi connectivity index (χ4v) is 7.46. The van der Waals surface area contributed by atoms with Crippen LogP contribution in [-0.4, -0.2) is 96.0 Å². The van der Waals surface area contributed by atoms with Gasteiger partial charge in [0.15, 0.2) is 5.67 Å². The summed E-state index contributed by atoms with van der Waals surface area (Å²) >= 11 is 1.41. The Morgan fingerprint density at radius 3 is 2.42 bits per heavy atom. The van der Waals surface area contributed by atoms with Gasteiger partial charge in [0.2, 0.25) is 21.8 Å². The van der Waals surface area contributed by atoms with E-state index in [0.717, 1.165) is 20.9 Å². The summed E-state index contributed by atoms with van der Waals surface area (Å²) < 4.78 is 82.5. The number of carbonyl (C=O) groups is 4. The van der Waals surface area contributed by atoms with Gasteiger partial charge in [-0.15, -0.1) is 11.3 Å². The van der Waals surface area contributed by atoms with Crippen molar-refractivity contribution in [1.29, 1.82) is 0 Å². The van der Waals surface area contributed by atoms with Crippen LogP contribution in [-0.2, 0) is 35.7 Å². The molecule has 0 bridgehead atoms. The number of amides is 4. The largest absolute Gasteiger partial charge is 0.493 e. The van der Waals surface area contributed by atoms with Gasteiger partial charge >= 0.3 is 12.1 Å². The van der Waals surface area contributed by atoms with Gasteiger partial charge in [0.05, 0.1) is 34.5 Å². The Morgan fingerprint density at radius 2 is 1.83 bits per heavy atom. The first-order valence-electron chi connectivity index (χ1n) is 16.7. The van der Waals surface area contributed by atoms with Crippen molar-refractivity contribution in [3.05, 3.63) is 35.0 Å². The van der Waals surface area contributed by atoms with E-state index in [0.29, 0.717) is 17.7 Å². The maximum Gasteiger partial charge on any atom is 0.472 e. The standard InChI is InChI=1S/C33H43F4N5O8S2/c1-19-25(51-18-39-19)20-8-9-21(24(14-20)50-12-6-5-7-13-52(48,49)41-30(47)33(35,36)37)16-38-27(44)23-15-22(43)17-42(23)28(45)26(31(2,3)4)40-29(46)32(34)10-11-32/h8-9,14,18,22-23,26,43H,5-7,10-13,15-17H2,1-4H3,(H,38,44)(H,40,46)(H,41,47)/t22-,23+,26-/m1/s1. The molecule has 3 atom stereocenters. The fourth-order valence-electron chi connectivity index (χ4n) is 5.58. The van der Waals surface area contributed by atoms with E-state index in [4.69, 9.17) is 4.74 Å². The highest BCUT2D eigenvalue weighted by Gasteiger charge is 2.53. The number of nitrogens with zero attached hydrogens (tertiary/aromatic N) is 2. The molecule has 288 valence electrons. The summed E-state index contributed by atoms with van der Waals surface area (Å²) in [6.45, 7) is 6.82.